The van der Waals surface area contributed by atoms with Gasteiger partial charge < -0.3 is 10.1 Å². The third-order valence-corrected chi connectivity index (χ3v) is 7.64. The second-order valence-electron chi connectivity index (χ2n) is 9.62. The van der Waals surface area contributed by atoms with Crippen LogP contribution in [0.2, 0.25) is 0 Å². The molecule has 0 radical (unpaired) electrons. The molecule has 2 aliphatic rings. The quantitative estimate of drug-likeness (QED) is 0.464. The first-order valence-electron chi connectivity index (χ1n) is 10.5. The van der Waals surface area contributed by atoms with Crippen molar-refractivity contribution < 1.29 is 9.53 Å². The summed E-state index contributed by atoms with van der Waals surface area (Å²) in [7, 11) is 1.66. The lowest BCUT2D eigenvalue weighted by molar-refractivity contribution is -0.115. The SMILES string of the molecule is COc1ccc(C=C2SC(=S)NC2=O)nc1-c1cc2c(cc1C)C(C)(C)CCC2(C)C. The first-order valence-corrected chi connectivity index (χ1v) is 11.7. The van der Waals surface area contributed by atoms with Crippen molar-refractivity contribution in [2.45, 2.75) is 58.3 Å². The molecule has 2 aromatic rings. The van der Waals surface area contributed by atoms with Gasteiger partial charge in [-0.2, -0.15) is 0 Å². The minimum Gasteiger partial charge on any atom is -0.494 e. The Morgan fingerprint density at radius 1 is 1.13 bits per heavy atom. The third kappa shape index (κ3) is 4.03. The number of hydrogen-bond donors (Lipinski definition) is 1. The second-order valence-corrected chi connectivity index (χ2v) is 11.3. The maximum absolute atomic E-state index is 12.1. The van der Waals surface area contributed by atoms with Gasteiger partial charge in [-0.05, 0) is 71.6 Å². The predicted molar refractivity (Wildman–Crippen MR) is 133 cm³/mol. The monoisotopic (exact) mass is 452 g/mol. The maximum Gasteiger partial charge on any atom is 0.263 e. The van der Waals surface area contributed by atoms with Crippen molar-refractivity contribution in [3.8, 4) is 17.0 Å². The lowest BCUT2D eigenvalue weighted by Gasteiger charge is -2.42. The van der Waals surface area contributed by atoms with Crippen LogP contribution in [0.25, 0.3) is 17.3 Å². The Kier molecular flexibility index (Phi) is 5.51. The van der Waals surface area contributed by atoms with Crippen molar-refractivity contribution in [3.05, 3.63) is 51.6 Å². The molecule has 162 valence electrons. The number of methoxy groups -OCH3 is 1. The molecular weight excluding hydrogens is 424 g/mol. The molecule has 1 aliphatic carbocycles. The summed E-state index contributed by atoms with van der Waals surface area (Å²) in [4.78, 5) is 17.5. The van der Waals surface area contributed by atoms with Crippen molar-refractivity contribution in [1.29, 1.82) is 0 Å². The molecule has 6 heteroatoms. The van der Waals surface area contributed by atoms with Crippen LogP contribution in [0.3, 0.4) is 0 Å². The minimum atomic E-state index is -0.178. The van der Waals surface area contributed by atoms with Crippen molar-refractivity contribution in [2.75, 3.05) is 7.11 Å². The van der Waals surface area contributed by atoms with E-state index in [4.69, 9.17) is 21.9 Å². The normalized spacial score (nSPS) is 20.5. The number of thiocarbonyl (C=S) groups is 1. The number of nitrogens with one attached hydrogen (secondary N) is 1. The molecule has 1 aliphatic heterocycles. The molecule has 0 saturated carbocycles. The number of aryl methyl sites for hydroxylation is 1. The lowest BCUT2D eigenvalue weighted by atomic mass is 9.62. The van der Waals surface area contributed by atoms with Gasteiger partial charge in [0.25, 0.3) is 5.91 Å². The van der Waals surface area contributed by atoms with Gasteiger partial charge in [0.15, 0.2) is 0 Å². The Labute approximate surface area is 193 Å². The van der Waals surface area contributed by atoms with Gasteiger partial charge in [0.2, 0.25) is 0 Å². The van der Waals surface area contributed by atoms with Crippen LogP contribution in [0, 0.1) is 6.92 Å². The van der Waals surface area contributed by atoms with Crippen molar-refractivity contribution in [3.63, 3.8) is 0 Å². The molecule has 2 heterocycles. The lowest BCUT2D eigenvalue weighted by Crippen LogP contribution is -2.34. The average Bonchev–Trinajstić information content (AvgIpc) is 3.02. The number of nitrogens with zero attached hydrogens (tertiary/aromatic N) is 1. The minimum absolute atomic E-state index is 0.106. The largest absolute Gasteiger partial charge is 0.494 e. The molecule has 0 atom stereocenters. The number of thioether (sulfide) groups is 1. The van der Waals surface area contributed by atoms with E-state index < -0.39 is 0 Å². The summed E-state index contributed by atoms with van der Waals surface area (Å²) in [5, 5.41) is 2.65. The summed E-state index contributed by atoms with van der Waals surface area (Å²) in [5.74, 6) is 0.542. The number of carbonyl (C=O) groups excluding carboxylic acids is 1. The summed E-state index contributed by atoms with van der Waals surface area (Å²) >= 11 is 6.36. The Balaban J connectivity index is 1.87. The van der Waals surface area contributed by atoms with Crippen molar-refractivity contribution in [2.24, 2.45) is 0 Å². The van der Waals surface area contributed by atoms with E-state index in [-0.39, 0.29) is 16.7 Å². The van der Waals surface area contributed by atoms with E-state index in [2.05, 4.69) is 52.1 Å². The van der Waals surface area contributed by atoms with Gasteiger partial charge in [0.05, 0.1) is 17.7 Å². The van der Waals surface area contributed by atoms with Crippen LogP contribution in [-0.2, 0) is 15.6 Å². The van der Waals surface area contributed by atoms with Crippen LogP contribution in [0.15, 0.2) is 29.2 Å². The molecular formula is C25H28N2O2S2. The highest BCUT2D eigenvalue weighted by Gasteiger charge is 2.37. The Morgan fingerprint density at radius 3 is 2.35 bits per heavy atom. The summed E-state index contributed by atoms with van der Waals surface area (Å²) < 4.78 is 6.14. The number of fused-ring (bicyclic) bond motifs is 1. The molecule has 1 saturated heterocycles. The average molecular weight is 453 g/mol. The summed E-state index contributed by atoms with van der Waals surface area (Å²) in [5.41, 5.74) is 6.81. The van der Waals surface area contributed by atoms with Crippen molar-refractivity contribution >= 4 is 40.3 Å². The van der Waals surface area contributed by atoms with Crippen LogP contribution >= 0.6 is 24.0 Å². The third-order valence-electron chi connectivity index (χ3n) is 6.47. The number of aromatic nitrogens is 1. The van der Waals surface area contributed by atoms with Crippen LogP contribution in [0.5, 0.6) is 5.75 Å². The molecule has 0 unspecified atom stereocenters. The first kappa shape index (κ1) is 22.0. The highest BCUT2D eigenvalue weighted by atomic mass is 32.2. The molecule has 4 rings (SSSR count). The van der Waals surface area contributed by atoms with Crippen LogP contribution in [0.4, 0.5) is 0 Å². The second kappa shape index (κ2) is 7.75. The maximum atomic E-state index is 12.1. The number of carbonyl (C=O) groups is 1. The fraction of sp³-hybridized carbons (Fsp3) is 0.400. The summed E-state index contributed by atoms with van der Waals surface area (Å²) in [6.45, 7) is 11.5. The zero-order chi connectivity index (χ0) is 22.6. The smallest absolute Gasteiger partial charge is 0.263 e. The van der Waals surface area contributed by atoms with E-state index >= 15 is 0 Å². The predicted octanol–water partition coefficient (Wildman–Crippen LogP) is 5.90. The molecule has 1 N–H and O–H groups in total. The van der Waals surface area contributed by atoms with Crippen LogP contribution < -0.4 is 10.1 Å². The summed E-state index contributed by atoms with van der Waals surface area (Å²) in [6, 6.07) is 8.42. The number of benzene rings is 1. The molecule has 1 aromatic heterocycles. The number of hydrogen-bond acceptors (Lipinski definition) is 5. The van der Waals surface area contributed by atoms with Crippen molar-refractivity contribution in [1.82, 2.24) is 10.3 Å². The number of ether oxygens (including phenoxy) is 1. The van der Waals surface area contributed by atoms with Crippen LogP contribution in [-0.4, -0.2) is 22.3 Å². The summed E-state index contributed by atoms with van der Waals surface area (Å²) in [6.07, 6.45) is 4.11. The fourth-order valence-corrected chi connectivity index (χ4v) is 5.46. The molecule has 1 fully saturated rings. The zero-order valence-corrected chi connectivity index (χ0v) is 20.5. The first-order chi connectivity index (χ1) is 14.5. The highest BCUT2D eigenvalue weighted by Crippen LogP contribution is 2.48. The standard InChI is InChI=1S/C25H28N2O2S2/c1-14-11-17-18(25(4,5)10-9-24(17,2)3)13-16(14)21-19(29-6)8-7-15(26-21)12-20-22(28)27-23(30)31-20/h7-8,11-13H,9-10H2,1-6H3,(H,27,28,30). The van der Waals surface area contributed by atoms with E-state index in [0.29, 0.717) is 14.9 Å². The fourth-order valence-electron chi connectivity index (χ4n) is 4.43. The van der Waals surface area contributed by atoms with E-state index in [0.717, 1.165) is 23.4 Å². The number of amides is 1. The van der Waals surface area contributed by atoms with E-state index in [1.54, 1.807) is 13.2 Å². The Morgan fingerprint density at radius 2 is 1.77 bits per heavy atom. The van der Waals surface area contributed by atoms with Gasteiger partial charge in [-0.3, -0.25) is 4.79 Å². The number of rotatable bonds is 3. The molecule has 0 bridgehead atoms. The van der Waals surface area contributed by atoms with Gasteiger partial charge in [0, 0.05) is 5.56 Å². The molecule has 4 nitrogen and oxygen atoms in total. The highest BCUT2D eigenvalue weighted by molar-refractivity contribution is 8.26. The van der Waals surface area contributed by atoms with Gasteiger partial charge in [-0.15, -0.1) is 0 Å². The topological polar surface area (TPSA) is 51.2 Å². The van der Waals surface area contributed by atoms with Crippen LogP contribution in [0.1, 0.15) is 62.9 Å². The molecule has 1 amide bonds. The number of pyridine rings is 1. The molecule has 31 heavy (non-hydrogen) atoms. The van der Waals surface area contributed by atoms with Gasteiger partial charge in [-0.25, -0.2) is 4.98 Å². The zero-order valence-electron chi connectivity index (χ0n) is 18.9. The molecule has 1 aromatic carbocycles. The van der Waals surface area contributed by atoms with Gasteiger partial charge in [0.1, 0.15) is 15.8 Å². The van der Waals surface area contributed by atoms with Gasteiger partial charge >= 0.3 is 0 Å². The Hall–Kier alpha value is -2.18. The van der Waals surface area contributed by atoms with E-state index in [1.807, 2.05) is 12.1 Å². The van der Waals surface area contributed by atoms with E-state index in [1.165, 1.54) is 34.9 Å². The molecule has 0 spiro atoms. The van der Waals surface area contributed by atoms with Gasteiger partial charge in [-0.1, -0.05) is 57.7 Å². The van der Waals surface area contributed by atoms with E-state index in [9.17, 15) is 4.79 Å². The Bertz CT molecular complexity index is 1130.